The van der Waals surface area contributed by atoms with Crippen LogP contribution in [-0.2, 0) is 5.41 Å². The van der Waals surface area contributed by atoms with Crippen molar-refractivity contribution in [2.24, 2.45) is 0 Å². The van der Waals surface area contributed by atoms with E-state index in [1.807, 2.05) is 10.7 Å². The monoisotopic (exact) mass is 373 g/mol. The van der Waals surface area contributed by atoms with E-state index < -0.39 is 0 Å². The van der Waals surface area contributed by atoms with E-state index in [2.05, 4.69) is 31.0 Å². The molecule has 7 heteroatoms. The van der Waals surface area contributed by atoms with Crippen LogP contribution >= 0.6 is 11.3 Å². The molecule has 1 aromatic carbocycles. The number of nitrogens with zero attached hydrogens (tertiary/aromatic N) is 4. The molecule has 1 fully saturated rings. The van der Waals surface area contributed by atoms with Gasteiger partial charge in [-0.05, 0) is 37.1 Å². The minimum absolute atomic E-state index is 0.0396. The number of piperidine rings is 1. The average Bonchev–Trinajstić information content (AvgIpc) is 3.16. The number of imidazole rings is 1. The summed E-state index contributed by atoms with van der Waals surface area (Å²) in [7, 11) is 0. The summed E-state index contributed by atoms with van der Waals surface area (Å²) < 4.78 is 14.9. The number of rotatable bonds is 3. The molecule has 0 unspecified atom stereocenters. The van der Waals surface area contributed by atoms with Crippen LogP contribution in [0.1, 0.15) is 39.3 Å². The van der Waals surface area contributed by atoms with Crippen LogP contribution < -0.4 is 10.2 Å². The Hall–Kier alpha value is -2.15. The molecule has 4 rings (SSSR count). The molecule has 0 atom stereocenters. The van der Waals surface area contributed by atoms with Crippen molar-refractivity contribution in [1.29, 1.82) is 0 Å². The van der Waals surface area contributed by atoms with Crippen molar-refractivity contribution in [3.8, 4) is 0 Å². The largest absolute Gasteiger partial charge is 0.382 e. The van der Waals surface area contributed by atoms with Crippen LogP contribution in [0.25, 0.3) is 4.96 Å². The smallest absolute Gasteiger partial charge is 0.214 e. The molecule has 3 aromatic rings. The zero-order valence-corrected chi connectivity index (χ0v) is 16.2. The number of hydrogen-bond acceptors (Lipinski definition) is 5. The Morgan fingerprint density at radius 2 is 1.85 bits per heavy atom. The molecule has 1 aliphatic heterocycles. The molecule has 0 saturated carbocycles. The van der Waals surface area contributed by atoms with Crippen molar-refractivity contribution in [2.45, 2.75) is 45.1 Å². The molecule has 0 spiro atoms. The summed E-state index contributed by atoms with van der Waals surface area (Å²) in [6.45, 7) is 8.42. The van der Waals surface area contributed by atoms with Gasteiger partial charge >= 0.3 is 0 Å². The number of aromatic nitrogens is 3. The summed E-state index contributed by atoms with van der Waals surface area (Å²) in [5, 5.41) is 9.26. The van der Waals surface area contributed by atoms with E-state index in [0.717, 1.165) is 47.4 Å². The van der Waals surface area contributed by atoms with E-state index in [4.69, 9.17) is 10.1 Å². The van der Waals surface area contributed by atoms with Crippen molar-refractivity contribution in [2.75, 3.05) is 23.3 Å². The Labute approximate surface area is 156 Å². The van der Waals surface area contributed by atoms with Crippen LogP contribution in [0.15, 0.2) is 30.5 Å². The molecule has 2 aromatic heterocycles. The van der Waals surface area contributed by atoms with Gasteiger partial charge in [-0.25, -0.2) is 13.9 Å². The molecule has 1 aliphatic rings. The first kappa shape index (κ1) is 17.3. The van der Waals surface area contributed by atoms with Gasteiger partial charge in [-0.3, -0.25) is 0 Å². The zero-order valence-electron chi connectivity index (χ0n) is 15.4. The lowest BCUT2D eigenvalue weighted by Crippen LogP contribution is -2.39. The Bertz CT molecular complexity index is 853. The predicted octanol–water partition coefficient (Wildman–Crippen LogP) is 4.31. The Balaban J connectivity index is 1.39. The van der Waals surface area contributed by atoms with E-state index in [1.54, 1.807) is 23.5 Å². The fourth-order valence-electron chi connectivity index (χ4n) is 3.18. The number of benzene rings is 1. The van der Waals surface area contributed by atoms with Gasteiger partial charge in [-0.1, -0.05) is 32.1 Å². The van der Waals surface area contributed by atoms with Gasteiger partial charge in [-0.15, -0.1) is 5.10 Å². The summed E-state index contributed by atoms with van der Waals surface area (Å²) in [5.41, 5.74) is 2.09. The lowest BCUT2D eigenvalue weighted by molar-refractivity contribution is 0.524. The molecule has 138 valence electrons. The number of halogens is 1. The minimum atomic E-state index is -0.200. The average molecular weight is 374 g/mol. The third-order valence-corrected chi connectivity index (χ3v) is 5.76. The third-order valence-electron chi connectivity index (χ3n) is 4.78. The van der Waals surface area contributed by atoms with E-state index in [0.29, 0.717) is 6.04 Å². The number of fused-ring (bicyclic) bond motifs is 1. The molecule has 1 N–H and O–H groups in total. The summed E-state index contributed by atoms with van der Waals surface area (Å²) in [5.74, 6) is -0.200. The summed E-state index contributed by atoms with van der Waals surface area (Å²) in [6.07, 6.45) is 4.11. The summed E-state index contributed by atoms with van der Waals surface area (Å²) >= 11 is 1.65. The maximum atomic E-state index is 13.0. The Morgan fingerprint density at radius 3 is 2.46 bits per heavy atom. The molecular weight excluding hydrogens is 349 g/mol. The molecule has 0 radical (unpaired) electrons. The Morgan fingerprint density at radius 1 is 1.15 bits per heavy atom. The molecule has 5 nitrogen and oxygen atoms in total. The van der Waals surface area contributed by atoms with Crippen LogP contribution in [0.3, 0.4) is 0 Å². The van der Waals surface area contributed by atoms with Gasteiger partial charge in [0.1, 0.15) is 5.82 Å². The van der Waals surface area contributed by atoms with Gasteiger partial charge in [0.2, 0.25) is 10.1 Å². The highest BCUT2D eigenvalue weighted by Crippen LogP contribution is 2.29. The molecule has 26 heavy (non-hydrogen) atoms. The van der Waals surface area contributed by atoms with Gasteiger partial charge in [0.05, 0.1) is 11.9 Å². The van der Waals surface area contributed by atoms with E-state index >= 15 is 0 Å². The molecule has 0 aliphatic carbocycles. The topological polar surface area (TPSA) is 45.5 Å². The van der Waals surface area contributed by atoms with Crippen molar-refractivity contribution in [3.63, 3.8) is 0 Å². The molecule has 1 saturated heterocycles. The van der Waals surface area contributed by atoms with E-state index in [9.17, 15) is 4.39 Å². The predicted molar refractivity (Wildman–Crippen MR) is 105 cm³/mol. The van der Waals surface area contributed by atoms with E-state index in [-0.39, 0.29) is 11.2 Å². The van der Waals surface area contributed by atoms with Gasteiger partial charge in [-0.2, -0.15) is 0 Å². The zero-order chi connectivity index (χ0) is 18.3. The van der Waals surface area contributed by atoms with Crippen molar-refractivity contribution in [3.05, 3.63) is 42.0 Å². The lowest BCUT2D eigenvalue weighted by Gasteiger charge is -2.32. The Kier molecular flexibility index (Phi) is 4.34. The molecule has 0 bridgehead atoms. The number of anilines is 2. The van der Waals surface area contributed by atoms with Crippen LogP contribution in [0, 0.1) is 5.82 Å². The van der Waals surface area contributed by atoms with Crippen LogP contribution in [0.4, 0.5) is 15.2 Å². The summed E-state index contributed by atoms with van der Waals surface area (Å²) in [6, 6.07) is 6.99. The van der Waals surface area contributed by atoms with Gasteiger partial charge in [0.15, 0.2) is 0 Å². The first-order valence-electron chi connectivity index (χ1n) is 9.02. The maximum absolute atomic E-state index is 13.0. The minimum Gasteiger partial charge on any atom is -0.382 e. The van der Waals surface area contributed by atoms with Crippen molar-refractivity contribution < 1.29 is 4.39 Å². The first-order valence-corrected chi connectivity index (χ1v) is 9.84. The van der Waals surface area contributed by atoms with E-state index in [1.165, 1.54) is 12.1 Å². The van der Waals surface area contributed by atoms with Crippen LogP contribution in [-0.4, -0.2) is 33.7 Å². The van der Waals surface area contributed by atoms with Gasteiger partial charge in [0.25, 0.3) is 0 Å². The standard InChI is InChI=1S/C19H24FN5S/c1-19(2,3)16-12-25-17(22-16)26-18(23-25)24-10-8-15(9-11-24)21-14-6-4-13(20)5-7-14/h4-7,12,15,21H,8-11H2,1-3H3. The second-order valence-corrected chi connectivity index (χ2v) is 8.83. The number of nitrogens with one attached hydrogen (secondary N) is 1. The quantitative estimate of drug-likeness (QED) is 0.743. The molecular formula is C19H24FN5S. The normalized spacial score (nSPS) is 16.4. The summed E-state index contributed by atoms with van der Waals surface area (Å²) in [4.78, 5) is 8.01. The van der Waals surface area contributed by atoms with Gasteiger partial charge < -0.3 is 10.2 Å². The highest BCUT2D eigenvalue weighted by molar-refractivity contribution is 7.20. The fourth-order valence-corrected chi connectivity index (χ4v) is 4.11. The highest BCUT2D eigenvalue weighted by Gasteiger charge is 2.24. The van der Waals surface area contributed by atoms with Crippen LogP contribution in [0.5, 0.6) is 0 Å². The van der Waals surface area contributed by atoms with Crippen LogP contribution in [0.2, 0.25) is 0 Å². The first-order chi connectivity index (χ1) is 12.4. The molecule has 0 amide bonds. The van der Waals surface area contributed by atoms with Crippen molar-refractivity contribution in [1.82, 2.24) is 14.6 Å². The SMILES string of the molecule is CC(C)(C)c1cn2nc(N3CCC(Nc4ccc(F)cc4)CC3)sc2n1. The second-order valence-electron chi connectivity index (χ2n) is 7.90. The highest BCUT2D eigenvalue weighted by atomic mass is 32.1. The lowest BCUT2D eigenvalue weighted by atomic mass is 9.93. The number of hydrogen-bond donors (Lipinski definition) is 1. The van der Waals surface area contributed by atoms with Crippen molar-refractivity contribution >= 4 is 27.1 Å². The third kappa shape index (κ3) is 3.53. The van der Waals surface area contributed by atoms with Gasteiger partial charge in [0, 0.05) is 30.2 Å². The fraction of sp³-hybridized carbons (Fsp3) is 0.474. The maximum Gasteiger partial charge on any atom is 0.214 e. The molecule has 3 heterocycles. The second kappa shape index (κ2) is 6.54.